The normalized spacial score (nSPS) is 23.8. The molecule has 1 saturated carbocycles. The van der Waals surface area contributed by atoms with Crippen molar-refractivity contribution in [2.75, 3.05) is 20.1 Å². The highest BCUT2D eigenvalue weighted by Gasteiger charge is 2.28. The van der Waals surface area contributed by atoms with Crippen molar-refractivity contribution in [1.82, 2.24) is 14.9 Å². The van der Waals surface area contributed by atoms with Crippen molar-refractivity contribution in [3.63, 3.8) is 0 Å². The quantitative estimate of drug-likeness (QED) is 0.813. The van der Waals surface area contributed by atoms with Gasteiger partial charge in [-0.25, -0.2) is 13.1 Å². The molecule has 1 unspecified atom stereocenters. The van der Waals surface area contributed by atoms with Gasteiger partial charge in [-0.1, -0.05) is 0 Å². The van der Waals surface area contributed by atoms with Crippen LogP contribution in [0.15, 0.2) is 15.4 Å². The predicted molar refractivity (Wildman–Crippen MR) is 79.5 cm³/mol. The molecule has 118 valence electrons. The number of aryl methyl sites for hydroxylation is 1. The Morgan fingerprint density at radius 2 is 2.10 bits per heavy atom. The summed E-state index contributed by atoms with van der Waals surface area (Å²) in [4.78, 5) is 2.39. The van der Waals surface area contributed by atoms with Crippen molar-refractivity contribution in [3.8, 4) is 0 Å². The third-order valence-corrected chi connectivity index (χ3v) is 5.70. The molecule has 2 fully saturated rings. The first-order valence-electron chi connectivity index (χ1n) is 7.47. The maximum Gasteiger partial charge on any atom is 0.244 e. The minimum atomic E-state index is -3.50. The van der Waals surface area contributed by atoms with E-state index in [4.69, 9.17) is 4.42 Å². The molecular formula is C14H23N3O3S. The van der Waals surface area contributed by atoms with Crippen molar-refractivity contribution >= 4 is 10.0 Å². The maximum absolute atomic E-state index is 12.5. The minimum Gasteiger partial charge on any atom is -0.464 e. The van der Waals surface area contributed by atoms with E-state index in [1.54, 1.807) is 13.0 Å². The molecule has 2 aliphatic rings. The predicted octanol–water partition coefficient (Wildman–Crippen LogP) is 0.822. The molecular weight excluding hydrogens is 290 g/mol. The Labute approximate surface area is 125 Å². The first-order chi connectivity index (χ1) is 9.94. The number of hydrogen-bond acceptors (Lipinski definition) is 5. The molecule has 21 heavy (non-hydrogen) atoms. The number of hydrogen-bond donors (Lipinski definition) is 2. The second-order valence-electron chi connectivity index (χ2n) is 6.16. The number of furan rings is 1. The van der Waals surface area contributed by atoms with Gasteiger partial charge in [-0.2, -0.15) is 0 Å². The summed E-state index contributed by atoms with van der Waals surface area (Å²) in [5.41, 5.74) is 0. The van der Waals surface area contributed by atoms with Gasteiger partial charge in [0.25, 0.3) is 0 Å². The number of rotatable bonds is 6. The van der Waals surface area contributed by atoms with E-state index in [0.717, 1.165) is 19.5 Å². The van der Waals surface area contributed by atoms with Crippen LogP contribution in [0.1, 0.15) is 30.8 Å². The zero-order valence-electron chi connectivity index (χ0n) is 12.6. The summed E-state index contributed by atoms with van der Waals surface area (Å²) < 4.78 is 33.3. The monoisotopic (exact) mass is 313 g/mol. The van der Waals surface area contributed by atoms with Gasteiger partial charge in [0.2, 0.25) is 10.0 Å². The Hall–Kier alpha value is -0.890. The summed E-state index contributed by atoms with van der Waals surface area (Å²) in [5.74, 6) is 1.14. The van der Waals surface area contributed by atoms with Crippen molar-refractivity contribution in [2.24, 2.45) is 0 Å². The summed E-state index contributed by atoms with van der Waals surface area (Å²) in [6.45, 7) is 3.98. The van der Waals surface area contributed by atoms with Gasteiger partial charge in [0, 0.05) is 24.7 Å². The lowest BCUT2D eigenvalue weighted by molar-refractivity contribution is 0.407. The summed E-state index contributed by atoms with van der Waals surface area (Å²) in [7, 11) is -1.50. The SMILES string of the molecule is Cc1oc(CNC2CC2)cc1S(=O)(=O)NC1CCN(C)C1. The Bertz CT molecular complexity index is 607. The van der Waals surface area contributed by atoms with Gasteiger partial charge in [-0.15, -0.1) is 0 Å². The lowest BCUT2D eigenvalue weighted by Gasteiger charge is -2.12. The first-order valence-corrected chi connectivity index (χ1v) is 8.96. The molecule has 2 N–H and O–H groups in total. The van der Waals surface area contributed by atoms with Gasteiger partial charge in [0.15, 0.2) is 0 Å². The summed E-state index contributed by atoms with van der Waals surface area (Å²) in [6.07, 6.45) is 3.24. The number of nitrogens with zero attached hydrogens (tertiary/aromatic N) is 1. The molecule has 1 aliphatic heterocycles. The molecule has 1 aromatic rings. The summed E-state index contributed by atoms with van der Waals surface area (Å²) in [5, 5.41) is 3.33. The molecule has 2 heterocycles. The highest BCUT2D eigenvalue weighted by atomic mass is 32.2. The van der Waals surface area contributed by atoms with Crippen LogP contribution >= 0.6 is 0 Å². The van der Waals surface area contributed by atoms with Crippen LogP contribution in [0.2, 0.25) is 0 Å². The van der Waals surface area contributed by atoms with E-state index in [1.807, 2.05) is 7.05 Å². The van der Waals surface area contributed by atoms with Crippen molar-refractivity contribution < 1.29 is 12.8 Å². The maximum atomic E-state index is 12.5. The second-order valence-corrected chi connectivity index (χ2v) is 7.84. The van der Waals surface area contributed by atoms with E-state index in [9.17, 15) is 8.42 Å². The topological polar surface area (TPSA) is 74.6 Å². The molecule has 1 aromatic heterocycles. The minimum absolute atomic E-state index is 0.0117. The van der Waals surface area contributed by atoms with Crippen LogP contribution in [0.4, 0.5) is 0 Å². The van der Waals surface area contributed by atoms with Crippen LogP contribution in [0.3, 0.4) is 0 Å². The largest absolute Gasteiger partial charge is 0.464 e. The molecule has 1 saturated heterocycles. The van der Waals surface area contributed by atoms with E-state index in [2.05, 4.69) is 14.9 Å². The number of likely N-dealkylation sites (tertiary alicyclic amines) is 1. The van der Waals surface area contributed by atoms with Gasteiger partial charge in [0.05, 0.1) is 6.54 Å². The van der Waals surface area contributed by atoms with Gasteiger partial charge in [-0.3, -0.25) is 0 Å². The fourth-order valence-corrected chi connectivity index (χ4v) is 4.19. The molecule has 0 aromatic carbocycles. The molecule has 7 heteroatoms. The molecule has 1 aliphatic carbocycles. The summed E-state index contributed by atoms with van der Waals surface area (Å²) >= 11 is 0. The molecule has 0 spiro atoms. The highest BCUT2D eigenvalue weighted by molar-refractivity contribution is 7.89. The molecule has 0 amide bonds. The third-order valence-electron chi connectivity index (χ3n) is 4.07. The molecule has 0 bridgehead atoms. The fourth-order valence-electron chi connectivity index (χ4n) is 2.72. The first kappa shape index (κ1) is 15.0. The molecule has 6 nitrogen and oxygen atoms in total. The van der Waals surface area contributed by atoms with Gasteiger partial charge in [-0.05, 0) is 39.8 Å². The van der Waals surface area contributed by atoms with E-state index in [1.165, 1.54) is 12.8 Å². The zero-order valence-corrected chi connectivity index (χ0v) is 13.4. The van der Waals surface area contributed by atoms with Gasteiger partial charge in [0.1, 0.15) is 16.4 Å². The average molecular weight is 313 g/mol. The molecule has 1 atom stereocenters. The lowest BCUT2D eigenvalue weighted by atomic mass is 10.3. The lowest BCUT2D eigenvalue weighted by Crippen LogP contribution is -2.36. The van der Waals surface area contributed by atoms with Crippen LogP contribution in [0.5, 0.6) is 0 Å². The van der Waals surface area contributed by atoms with Gasteiger partial charge >= 0.3 is 0 Å². The van der Waals surface area contributed by atoms with E-state index >= 15 is 0 Å². The fraction of sp³-hybridized carbons (Fsp3) is 0.714. The zero-order chi connectivity index (χ0) is 15.0. The van der Waals surface area contributed by atoms with E-state index in [-0.39, 0.29) is 10.9 Å². The Morgan fingerprint density at radius 1 is 1.33 bits per heavy atom. The summed E-state index contributed by atoms with van der Waals surface area (Å²) in [6, 6.07) is 2.20. The van der Waals surface area contributed by atoms with Crippen molar-refractivity contribution in [3.05, 3.63) is 17.6 Å². The number of nitrogens with one attached hydrogen (secondary N) is 2. The standard InChI is InChI=1S/C14H23N3O3S/c1-10-14(7-13(20-10)8-15-11-3-4-11)21(18,19)16-12-5-6-17(2)9-12/h7,11-12,15-16H,3-6,8-9H2,1-2H3. The Kier molecular flexibility index (Phi) is 4.09. The second kappa shape index (κ2) is 5.72. The van der Waals surface area contributed by atoms with Crippen molar-refractivity contribution in [1.29, 1.82) is 0 Å². The van der Waals surface area contributed by atoms with Crippen LogP contribution in [0.25, 0.3) is 0 Å². The van der Waals surface area contributed by atoms with E-state index in [0.29, 0.717) is 24.1 Å². The number of sulfonamides is 1. The molecule has 0 radical (unpaired) electrons. The highest BCUT2D eigenvalue weighted by Crippen LogP contribution is 2.23. The molecule has 3 rings (SSSR count). The number of likely N-dealkylation sites (N-methyl/N-ethyl adjacent to an activating group) is 1. The van der Waals surface area contributed by atoms with Gasteiger partial charge < -0.3 is 14.6 Å². The van der Waals surface area contributed by atoms with E-state index < -0.39 is 10.0 Å². The van der Waals surface area contributed by atoms with Crippen LogP contribution in [-0.4, -0.2) is 45.5 Å². The average Bonchev–Trinajstić information content (AvgIpc) is 3.03. The van der Waals surface area contributed by atoms with Crippen LogP contribution in [0, 0.1) is 6.92 Å². The Morgan fingerprint density at radius 3 is 2.71 bits per heavy atom. The van der Waals surface area contributed by atoms with Crippen LogP contribution in [-0.2, 0) is 16.6 Å². The van der Waals surface area contributed by atoms with Crippen LogP contribution < -0.4 is 10.0 Å². The smallest absolute Gasteiger partial charge is 0.244 e. The van der Waals surface area contributed by atoms with Crippen molar-refractivity contribution in [2.45, 2.75) is 49.7 Å². The third kappa shape index (κ3) is 3.66. The Balaban J connectivity index is 1.68.